The number of likely N-dealkylation sites (tertiary alicyclic amines) is 1. The minimum Gasteiger partial charge on any atom is -0.352 e. The molecule has 2 rings (SSSR count). The molecule has 0 spiro atoms. The molecule has 3 amide bonds. The van der Waals surface area contributed by atoms with Crippen molar-refractivity contribution in [2.45, 2.75) is 31.1 Å². The molecular weight excluding hydrogens is 330 g/mol. The van der Waals surface area contributed by atoms with Crippen molar-refractivity contribution in [3.8, 4) is 0 Å². The lowest BCUT2D eigenvalue weighted by molar-refractivity contribution is -0.121. The van der Waals surface area contributed by atoms with Gasteiger partial charge >= 0.3 is 6.03 Å². The molecule has 0 unspecified atom stereocenters. The van der Waals surface area contributed by atoms with Crippen molar-refractivity contribution >= 4 is 27.5 Å². The summed E-state index contributed by atoms with van der Waals surface area (Å²) in [6.45, 7) is 2.40. The number of sulfone groups is 1. The van der Waals surface area contributed by atoms with E-state index in [9.17, 15) is 18.0 Å². The van der Waals surface area contributed by atoms with Gasteiger partial charge in [0.05, 0.1) is 0 Å². The van der Waals surface area contributed by atoms with Gasteiger partial charge in [-0.3, -0.25) is 4.79 Å². The molecule has 0 bridgehead atoms. The topological polar surface area (TPSA) is 95.6 Å². The largest absolute Gasteiger partial charge is 0.352 e. The molecule has 1 aromatic rings. The van der Waals surface area contributed by atoms with Crippen LogP contribution in [0.4, 0.5) is 10.5 Å². The molecule has 1 fully saturated rings. The zero-order chi connectivity index (χ0) is 17.7. The fourth-order valence-corrected chi connectivity index (χ4v) is 2.92. The van der Waals surface area contributed by atoms with Crippen LogP contribution in [0.3, 0.4) is 0 Å². The van der Waals surface area contributed by atoms with Gasteiger partial charge in [-0.2, -0.15) is 0 Å². The van der Waals surface area contributed by atoms with Gasteiger partial charge in [0, 0.05) is 31.1 Å². The average molecular weight is 353 g/mol. The number of nitrogens with one attached hydrogen (secondary N) is 2. The number of amides is 3. The zero-order valence-electron chi connectivity index (χ0n) is 13.9. The molecule has 1 aliphatic rings. The highest BCUT2D eigenvalue weighted by Gasteiger charge is 2.28. The summed E-state index contributed by atoms with van der Waals surface area (Å²) in [5.41, 5.74) is 0.736. The third-order valence-corrected chi connectivity index (χ3v) is 5.66. The number of hydrogen-bond acceptors (Lipinski definition) is 4. The van der Waals surface area contributed by atoms with Gasteiger partial charge in [-0.15, -0.1) is 0 Å². The van der Waals surface area contributed by atoms with Crippen LogP contribution >= 0.6 is 0 Å². The lowest BCUT2D eigenvalue weighted by Crippen LogP contribution is -2.50. The van der Waals surface area contributed by atoms with Crippen molar-refractivity contribution < 1.29 is 18.0 Å². The smallest absolute Gasteiger partial charge is 0.321 e. The first-order valence-electron chi connectivity index (χ1n) is 7.87. The minimum absolute atomic E-state index is 0.109. The van der Waals surface area contributed by atoms with Gasteiger partial charge in [0.15, 0.2) is 9.84 Å². The summed E-state index contributed by atoms with van der Waals surface area (Å²) in [4.78, 5) is 25.8. The number of carbonyl (C=O) groups excluding carboxylic acids is 2. The van der Waals surface area contributed by atoms with Crippen LogP contribution in [0, 0.1) is 0 Å². The predicted octanol–water partition coefficient (Wildman–Crippen LogP) is 1.23. The molecule has 8 heteroatoms. The molecular formula is C16H23N3O4S. The highest BCUT2D eigenvalue weighted by atomic mass is 32.2. The van der Waals surface area contributed by atoms with Crippen molar-refractivity contribution in [2.75, 3.05) is 24.7 Å². The number of urea groups is 1. The quantitative estimate of drug-likeness (QED) is 0.851. The van der Waals surface area contributed by atoms with E-state index in [1.165, 1.54) is 6.92 Å². The Morgan fingerprint density at radius 2 is 1.75 bits per heavy atom. The van der Waals surface area contributed by atoms with E-state index in [1.807, 2.05) is 30.3 Å². The first-order chi connectivity index (χ1) is 11.3. The lowest BCUT2D eigenvalue weighted by atomic mass is 10.1. The van der Waals surface area contributed by atoms with E-state index in [4.69, 9.17) is 0 Å². The molecule has 0 aromatic heterocycles. The number of hydrogen-bond donors (Lipinski definition) is 2. The van der Waals surface area contributed by atoms with Crippen LogP contribution < -0.4 is 10.6 Å². The maximum absolute atomic E-state index is 12.2. The van der Waals surface area contributed by atoms with Crippen LogP contribution in [0.5, 0.6) is 0 Å². The molecule has 1 heterocycles. The van der Waals surface area contributed by atoms with Gasteiger partial charge < -0.3 is 15.5 Å². The Balaban J connectivity index is 1.81. The summed E-state index contributed by atoms with van der Waals surface area (Å²) in [6, 6.07) is 8.93. The number of piperidine rings is 1. The maximum atomic E-state index is 12.2. The Bertz CT molecular complexity index is 683. The molecule has 1 aromatic carbocycles. The van der Waals surface area contributed by atoms with Gasteiger partial charge in [0.25, 0.3) is 0 Å². The highest BCUT2D eigenvalue weighted by Crippen LogP contribution is 2.14. The minimum atomic E-state index is -3.40. The second-order valence-electron chi connectivity index (χ2n) is 6.04. The number of carbonyl (C=O) groups is 2. The SMILES string of the molecule is C[C@H](C(=O)NC1CCN(C(=O)Nc2ccccc2)CC1)S(C)(=O)=O. The molecule has 1 atom stereocenters. The van der Waals surface area contributed by atoms with E-state index in [2.05, 4.69) is 10.6 Å². The van der Waals surface area contributed by atoms with Crippen molar-refractivity contribution in [3.63, 3.8) is 0 Å². The van der Waals surface area contributed by atoms with Gasteiger partial charge in [-0.05, 0) is 31.9 Å². The van der Waals surface area contributed by atoms with Gasteiger partial charge in [0.2, 0.25) is 5.91 Å². The molecule has 0 radical (unpaired) electrons. The van der Waals surface area contributed by atoms with E-state index in [-0.39, 0.29) is 12.1 Å². The first-order valence-corrected chi connectivity index (χ1v) is 9.83. The van der Waals surface area contributed by atoms with E-state index < -0.39 is 21.0 Å². The van der Waals surface area contributed by atoms with Gasteiger partial charge in [0.1, 0.15) is 5.25 Å². The standard InChI is InChI=1S/C16H23N3O4S/c1-12(24(2,22)23)15(20)17-14-8-10-19(11-9-14)16(21)18-13-6-4-3-5-7-13/h3-7,12,14H,8-11H2,1-2H3,(H,17,20)(H,18,21)/t12-/m1/s1. The molecule has 24 heavy (non-hydrogen) atoms. The molecule has 1 saturated heterocycles. The van der Waals surface area contributed by atoms with E-state index in [0.717, 1.165) is 11.9 Å². The number of anilines is 1. The van der Waals surface area contributed by atoms with E-state index in [1.54, 1.807) is 4.90 Å². The maximum Gasteiger partial charge on any atom is 0.321 e. The van der Waals surface area contributed by atoms with Crippen LogP contribution in [-0.4, -0.2) is 55.9 Å². The van der Waals surface area contributed by atoms with Crippen LogP contribution in [0.25, 0.3) is 0 Å². The summed E-state index contributed by atoms with van der Waals surface area (Å²) < 4.78 is 22.8. The summed E-state index contributed by atoms with van der Waals surface area (Å²) in [6.07, 6.45) is 2.25. The molecule has 132 valence electrons. The normalized spacial score (nSPS) is 17.2. The fourth-order valence-electron chi connectivity index (χ4n) is 2.46. The van der Waals surface area contributed by atoms with Gasteiger partial charge in [-0.1, -0.05) is 18.2 Å². The van der Waals surface area contributed by atoms with Gasteiger partial charge in [-0.25, -0.2) is 13.2 Å². The number of benzene rings is 1. The lowest BCUT2D eigenvalue weighted by Gasteiger charge is -2.32. The summed E-state index contributed by atoms with van der Waals surface area (Å²) in [5, 5.41) is 4.53. The first kappa shape index (κ1) is 18.3. The second-order valence-corrected chi connectivity index (χ2v) is 8.40. The number of rotatable bonds is 4. The average Bonchev–Trinajstić information content (AvgIpc) is 2.54. The van der Waals surface area contributed by atoms with E-state index in [0.29, 0.717) is 25.9 Å². The summed E-state index contributed by atoms with van der Waals surface area (Å²) >= 11 is 0. The Labute approximate surface area is 142 Å². The van der Waals surface area contributed by atoms with Crippen molar-refractivity contribution in [2.24, 2.45) is 0 Å². The molecule has 2 N–H and O–H groups in total. The highest BCUT2D eigenvalue weighted by molar-refractivity contribution is 7.92. The van der Waals surface area contributed by atoms with Crippen LogP contribution in [0.2, 0.25) is 0 Å². The third kappa shape index (κ3) is 4.95. The zero-order valence-corrected chi connectivity index (χ0v) is 14.7. The summed E-state index contributed by atoms with van der Waals surface area (Å²) in [5.74, 6) is -0.482. The van der Waals surface area contributed by atoms with E-state index >= 15 is 0 Å². The van der Waals surface area contributed by atoms with Crippen molar-refractivity contribution in [3.05, 3.63) is 30.3 Å². The molecule has 1 aliphatic heterocycles. The molecule has 0 aliphatic carbocycles. The fraction of sp³-hybridized carbons (Fsp3) is 0.500. The second kappa shape index (κ2) is 7.65. The van der Waals surface area contributed by atoms with Crippen molar-refractivity contribution in [1.82, 2.24) is 10.2 Å². The Kier molecular flexibility index (Phi) is 5.82. The Morgan fingerprint density at radius 3 is 2.29 bits per heavy atom. The monoisotopic (exact) mass is 353 g/mol. The molecule has 7 nitrogen and oxygen atoms in total. The number of nitrogens with zero attached hydrogens (tertiary/aromatic N) is 1. The Morgan fingerprint density at radius 1 is 1.17 bits per heavy atom. The van der Waals surface area contributed by atoms with Crippen molar-refractivity contribution in [1.29, 1.82) is 0 Å². The third-order valence-electron chi connectivity index (χ3n) is 4.17. The Hall–Kier alpha value is -2.09. The predicted molar refractivity (Wildman–Crippen MR) is 92.5 cm³/mol. The molecule has 0 saturated carbocycles. The summed E-state index contributed by atoms with van der Waals surface area (Å²) in [7, 11) is -3.40. The number of para-hydroxylation sites is 1. The van der Waals surface area contributed by atoms with Crippen LogP contribution in [-0.2, 0) is 14.6 Å². The van der Waals surface area contributed by atoms with Crippen LogP contribution in [0.15, 0.2) is 30.3 Å². The van der Waals surface area contributed by atoms with Crippen LogP contribution in [0.1, 0.15) is 19.8 Å².